The minimum atomic E-state index is -0.456. The fourth-order valence-corrected chi connectivity index (χ4v) is 2.43. The van der Waals surface area contributed by atoms with Crippen LogP contribution in [0.15, 0.2) is 22.4 Å². The molecule has 2 aromatic rings. The van der Waals surface area contributed by atoms with E-state index in [2.05, 4.69) is 15.2 Å². The molecule has 2 aromatic heterocycles. The summed E-state index contributed by atoms with van der Waals surface area (Å²) in [6.45, 7) is 3.56. The SMILES string of the molecule is CCc1nnc(Sc2nccc(C)c2[N+](=O)[O-])n1N. The predicted octanol–water partition coefficient (Wildman–Crippen LogP) is 1.32. The first-order valence-corrected chi connectivity index (χ1v) is 6.33. The first-order valence-electron chi connectivity index (χ1n) is 5.51. The number of hydrogen-bond donors (Lipinski definition) is 1. The minimum Gasteiger partial charge on any atom is -0.336 e. The maximum absolute atomic E-state index is 11.1. The smallest absolute Gasteiger partial charge is 0.304 e. The Hall–Kier alpha value is -2.16. The third kappa shape index (κ3) is 2.50. The van der Waals surface area contributed by atoms with E-state index in [-0.39, 0.29) is 10.7 Å². The minimum absolute atomic E-state index is 0.0338. The molecule has 0 saturated carbocycles. The maximum Gasteiger partial charge on any atom is 0.304 e. The van der Waals surface area contributed by atoms with Crippen LogP contribution >= 0.6 is 11.8 Å². The summed E-state index contributed by atoms with van der Waals surface area (Å²) in [6.07, 6.45) is 2.15. The molecule has 0 aromatic carbocycles. The van der Waals surface area contributed by atoms with Gasteiger partial charge in [0.15, 0.2) is 10.9 Å². The fraction of sp³-hybridized carbons (Fsp3) is 0.300. The summed E-state index contributed by atoms with van der Waals surface area (Å²) in [6, 6.07) is 1.59. The Kier molecular flexibility index (Phi) is 3.65. The van der Waals surface area contributed by atoms with Crippen LogP contribution in [0.2, 0.25) is 0 Å². The molecule has 0 saturated heterocycles. The molecule has 0 radical (unpaired) electrons. The molecule has 9 heteroatoms. The second-order valence-electron chi connectivity index (χ2n) is 3.76. The number of aryl methyl sites for hydroxylation is 2. The van der Waals surface area contributed by atoms with Gasteiger partial charge in [0.2, 0.25) is 5.16 Å². The lowest BCUT2D eigenvalue weighted by atomic mass is 10.3. The number of aromatic nitrogens is 4. The molecular weight excluding hydrogens is 268 g/mol. The lowest BCUT2D eigenvalue weighted by molar-refractivity contribution is -0.388. The van der Waals surface area contributed by atoms with Crippen LogP contribution in [-0.4, -0.2) is 24.8 Å². The van der Waals surface area contributed by atoms with E-state index in [0.717, 1.165) is 11.8 Å². The van der Waals surface area contributed by atoms with Gasteiger partial charge in [-0.3, -0.25) is 10.1 Å². The highest BCUT2D eigenvalue weighted by Gasteiger charge is 2.22. The molecule has 0 aliphatic rings. The van der Waals surface area contributed by atoms with Crippen molar-refractivity contribution in [3.63, 3.8) is 0 Å². The Bertz CT molecular complexity index is 626. The Labute approximate surface area is 113 Å². The largest absolute Gasteiger partial charge is 0.336 e. The second-order valence-corrected chi connectivity index (χ2v) is 4.72. The number of nitrogen functional groups attached to an aromatic ring is 1. The highest BCUT2D eigenvalue weighted by Crippen LogP contribution is 2.33. The summed E-state index contributed by atoms with van der Waals surface area (Å²) in [4.78, 5) is 14.6. The first-order chi connectivity index (χ1) is 9.04. The third-order valence-electron chi connectivity index (χ3n) is 2.51. The molecule has 100 valence electrons. The summed E-state index contributed by atoms with van der Waals surface area (Å²) in [5, 5.41) is 19.5. The van der Waals surface area contributed by atoms with Gasteiger partial charge in [-0.1, -0.05) is 6.92 Å². The molecule has 19 heavy (non-hydrogen) atoms. The zero-order chi connectivity index (χ0) is 14.0. The van der Waals surface area contributed by atoms with Gasteiger partial charge in [-0.2, -0.15) is 0 Å². The van der Waals surface area contributed by atoms with E-state index >= 15 is 0 Å². The monoisotopic (exact) mass is 280 g/mol. The van der Waals surface area contributed by atoms with E-state index in [1.807, 2.05) is 6.92 Å². The van der Waals surface area contributed by atoms with Crippen molar-refractivity contribution in [3.05, 3.63) is 33.8 Å². The Morgan fingerprint density at radius 1 is 1.53 bits per heavy atom. The number of rotatable bonds is 4. The van der Waals surface area contributed by atoms with E-state index in [1.165, 1.54) is 10.9 Å². The van der Waals surface area contributed by atoms with Gasteiger partial charge in [0.25, 0.3) is 0 Å². The van der Waals surface area contributed by atoms with Crippen molar-refractivity contribution in [3.8, 4) is 0 Å². The molecule has 0 bridgehead atoms. The van der Waals surface area contributed by atoms with E-state index in [1.54, 1.807) is 13.0 Å². The van der Waals surface area contributed by atoms with E-state index in [4.69, 9.17) is 5.84 Å². The zero-order valence-corrected chi connectivity index (χ0v) is 11.2. The van der Waals surface area contributed by atoms with Crippen LogP contribution in [0, 0.1) is 17.0 Å². The van der Waals surface area contributed by atoms with Crippen molar-refractivity contribution in [1.29, 1.82) is 0 Å². The average molecular weight is 280 g/mol. The highest BCUT2D eigenvalue weighted by atomic mass is 32.2. The summed E-state index contributed by atoms with van der Waals surface area (Å²) in [5.74, 6) is 6.41. The van der Waals surface area contributed by atoms with Crippen LogP contribution in [0.3, 0.4) is 0 Å². The molecule has 0 atom stereocenters. The summed E-state index contributed by atoms with van der Waals surface area (Å²) < 4.78 is 1.32. The second kappa shape index (κ2) is 5.22. The topological polar surface area (TPSA) is 113 Å². The molecule has 0 fully saturated rings. The Morgan fingerprint density at radius 3 is 2.84 bits per heavy atom. The van der Waals surface area contributed by atoms with Gasteiger partial charge in [0.1, 0.15) is 0 Å². The van der Waals surface area contributed by atoms with Crippen LogP contribution in [0.4, 0.5) is 5.69 Å². The molecule has 0 unspecified atom stereocenters. The lowest BCUT2D eigenvalue weighted by Gasteiger charge is -2.04. The van der Waals surface area contributed by atoms with Crippen LogP contribution in [0.25, 0.3) is 0 Å². The maximum atomic E-state index is 11.1. The van der Waals surface area contributed by atoms with Gasteiger partial charge < -0.3 is 5.84 Å². The predicted molar refractivity (Wildman–Crippen MR) is 69.3 cm³/mol. The third-order valence-corrected chi connectivity index (χ3v) is 3.47. The van der Waals surface area contributed by atoms with Crippen LogP contribution in [0.5, 0.6) is 0 Å². The van der Waals surface area contributed by atoms with Crippen LogP contribution < -0.4 is 5.84 Å². The summed E-state index contributed by atoms with van der Waals surface area (Å²) >= 11 is 1.03. The molecule has 0 amide bonds. The quantitative estimate of drug-likeness (QED) is 0.510. The van der Waals surface area contributed by atoms with Gasteiger partial charge in [-0.25, -0.2) is 9.66 Å². The standard InChI is InChI=1S/C10H12N6O2S/c1-3-7-13-14-10(15(7)11)19-9-8(16(17)18)6(2)4-5-12-9/h4-5H,3,11H2,1-2H3. The average Bonchev–Trinajstić information content (AvgIpc) is 2.70. The summed E-state index contributed by atoms with van der Waals surface area (Å²) in [5.41, 5.74) is 0.509. The van der Waals surface area contributed by atoms with Gasteiger partial charge in [0, 0.05) is 18.2 Å². The van der Waals surface area contributed by atoms with E-state index in [0.29, 0.717) is 23.0 Å². The van der Waals surface area contributed by atoms with Crippen molar-refractivity contribution in [2.75, 3.05) is 5.84 Å². The van der Waals surface area contributed by atoms with E-state index in [9.17, 15) is 10.1 Å². The van der Waals surface area contributed by atoms with Crippen LogP contribution in [0.1, 0.15) is 18.3 Å². The lowest BCUT2D eigenvalue weighted by Crippen LogP contribution is -2.13. The Balaban J connectivity index is 2.41. The van der Waals surface area contributed by atoms with Crippen molar-refractivity contribution in [2.24, 2.45) is 0 Å². The first kappa shape index (κ1) is 13.3. The number of hydrogen-bond acceptors (Lipinski definition) is 7. The van der Waals surface area contributed by atoms with Crippen molar-refractivity contribution in [2.45, 2.75) is 30.5 Å². The van der Waals surface area contributed by atoms with Crippen molar-refractivity contribution >= 4 is 17.4 Å². The molecular formula is C10H12N6O2S. The Morgan fingerprint density at radius 2 is 2.26 bits per heavy atom. The number of nitrogens with two attached hydrogens (primary N) is 1. The number of nitrogens with zero attached hydrogens (tertiary/aromatic N) is 5. The highest BCUT2D eigenvalue weighted by molar-refractivity contribution is 7.99. The molecule has 2 heterocycles. The zero-order valence-electron chi connectivity index (χ0n) is 10.4. The van der Waals surface area contributed by atoms with Gasteiger partial charge >= 0.3 is 5.69 Å². The molecule has 0 spiro atoms. The normalized spacial score (nSPS) is 10.6. The fourth-order valence-electron chi connectivity index (χ4n) is 1.53. The van der Waals surface area contributed by atoms with Gasteiger partial charge in [-0.15, -0.1) is 10.2 Å². The molecule has 8 nitrogen and oxygen atoms in total. The number of nitro groups is 1. The van der Waals surface area contributed by atoms with Gasteiger partial charge in [-0.05, 0) is 24.8 Å². The van der Waals surface area contributed by atoms with E-state index < -0.39 is 4.92 Å². The van der Waals surface area contributed by atoms with Crippen molar-refractivity contribution < 1.29 is 4.92 Å². The molecule has 0 aliphatic heterocycles. The number of pyridine rings is 1. The molecule has 2 N–H and O–H groups in total. The van der Waals surface area contributed by atoms with Gasteiger partial charge in [0.05, 0.1) is 4.92 Å². The van der Waals surface area contributed by atoms with Crippen molar-refractivity contribution in [1.82, 2.24) is 19.9 Å². The van der Waals surface area contributed by atoms with Crippen LogP contribution in [-0.2, 0) is 6.42 Å². The summed E-state index contributed by atoms with van der Waals surface area (Å²) in [7, 11) is 0. The molecule has 0 aliphatic carbocycles. The molecule has 2 rings (SSSR count).